The minimum absolute atomic E-state index is 0.0691. The third-order valence-corrected chi connectivity index (χ3v) is 11.7. The Labute approximate surface area is 194 Å². The maximum absolute atomic E-state index is 14.2. The summed E-state index contributed by atoms with van der Waals surface area (Å²) in [5.74, 6) is -15.0. The van der Waals surface area contributed by atoms with Gasteiger partial charge in [-0.3, -0.25) is 0 Å². The fourth-order valence-electron chi connectivity index (χ4n) is 3.41. The standard InChI is InChI=1S/C19H17F9O3S3/c1-32-14-6-4-13-11-15(7-5-12(13)10-14)33(8-2-3-9-33)31-34(29,30)19(27,28)17(22,23)16(20,21)18(24,25)26/h4-7,10-11H,2-3,8-9H2,1H3. The van der Waals surface area contributed by atoms with Crippen LogP contribution in [-0.2, 0) is 13.7 Å². The van der Waals surface area contributed by atoms with Crippen LogP contribution in [0.4, 0.5) is 39.5 Å². The second-order valence-electron chi connectivity index (χ2n) is 7.49. The zero-order chi connectivity index (χ0) is 25.8. The van der Waals surface area contributed by atoms with E-state index in [0.29, 0.717) is 10.8 Å². The van der Waals surface area contributed by atoms with E-state index in [1.54, 1.807) is 18.2 Å². The van der Waals surface area contributed by atoms with E-state index in [-0.39, 0.29) is 29.2 Å². The number of fused-ring (bicyclic) bond motifs is 1. The van der Waals surface area contributed by atoms with Crippen LogP contribution >= 0.6 is 22.1 Å². The molecule has 0 bridgehead atoms. The van der Waals surface area contributed by atoms with Crippen molar-refractivity contribution in [2.24, 2.45) is 0 Å². The summed E-state index contributed by atoms with van der Waals surface area (Å²) in [5.41, 5.74) is 0. The molecule has 0 atom stereocenters. The van der Waals surface area contributed by atoms with Crippen LogP contribution < -0.4 is 0 Å². The first-order chi connectivity index (χ1) is 15.4. The van der Waals surface area contributed by atoms with E-state index in [9.17, 15) is 47.9 Å². The summed E-state index contributed by atoms with van der Waals surface area (Å²) < 4.78 is 149. The molecule has 2 aromatic carbocycles. The summed E-state index contributed by atoms with van der Waals surface area (Å²) in [5, 5.41) is -5.64. The van der Waals surface area contributed by atoms with Gasteiger partial charge in [-0.2, -0.15) is 47.9 Å². The molecule has 0 amide bonds. The number of hydrogen-bond donors (Lipinski definition) is 0. The monoisotopic (exact) mass is 560 g/mol. The fraction of sp³-hybridized carbons (Fsp3) is 0.474. The summed E-state index contributed by atoms with van der Waals surface area (Å²) >= 11 is 1.43. The molecule has 1 fully saturated rings. The molecule has 34 heavy (non-hydrogen) atoms. The van der Waals surface area contributed by atoms with Crippen molar-refractivity contribution in [3.05, 3.63) is 36.4 Å². The normalized spacial score (nSPS) is 18.9. The maximum Gasteiger partial charge on any atom is 0.460 e. The van der Waals surface area contributed by atoms with Crippen LogP contribution in [0.2, 0.25) is 0 Å². The molecule has 0 saturated carbocycles. The molecule has 3 rings (SSSR count). The van der Waals surface area contributed by atoms with Gasteiger partial charge in [0, 0.05) is 21.3 Å². The second kappa shape index (κ2) is 8.66. The van der Waals surface area contributed by atoms with Crippen molar-refractivity contribution in [1.82, 2.24) is 0 Å². The fourth-order valence-corrected chi connectivity index (χ4v) is 9.55. The Balaban J connectivity index is 2.06. The van der Waals surface area contributed by atoms with Gasteiger partial charge in [0.2, 0.25) is 0 Å². The molecule has 1 aliphatic rings. The quantitative estimate of drug-likeness (QED) is 0.265. The highest BCUT2D eigenvalue weighted by molar-refractivity contribution is 8.33. The van der Waals surface area contributed by atoms with E-state index in [1.807, 2.05) is 6.26 Å². The van der Waals surface area contributed by atoms with Crippen molar-refractivity contribution in [3.8, 4) is 0 Å². The van der Waals surface area contributed by atoms with Crippen LogP contribution in [0.1, 0.15) is 12.8 Å². The molecule has 0 aliphatic carbocycles. The first-order valence-corrected chi connectivity index (χ1v) is 14.0. The molecular weight excluding hydrogens is 543 g/mol. The topological polar surface area (TPSA) is 43.4 Å². The van der Waals surface area contributed by atoms with Gasteiger partial charge in [-0.25, -0.2) is 3.63 Å². The van der Waals surface area contributed by atoms with Crippen molar-refractivity contribution in [3.63, 3.8) is 0 Å². The lowest BCUT2D eigenvalue weighted by Crippen LogP contribution is -2.63. The molecule has 1 saturated heterocycles. The van der Waals surface area contributed by atoms with E-state index < -0.39 is 43.7 Å². The summed E-state index contributed by atoms with van der Waals surface area (Å²) in [6.45, 7) is 0. The molecule has 15 heteroatoms. The molecule has 0 radical (unpaired) electrons. The lowest BCUT2D eigenvalue weighted by atomic mass is 10.1. The lowest BCUT2D eigenvalue weighted by molar-refractivity contribution is -0.382. The van der Waals surface area contributed by atoms with Gasteiger partial charge in [0.1, 0.15) is 0 Å². The van der Waals surface area contributed by atoms with E-state index in [0.717, 1.165) is 4.90 Å². The number of thioether (sulfide) groups is 1. The first kappa shape index (κ1) is 27.3. The highest BCUT2D eigenvalue weighted by Crippen LogP contribution is 2.65. The minimum atomic E-state index is -7.34. The molecule has 0 N–H and O–H groups in total. The van der Waals surface area contributed by atoms with Crippen LogP contribution in [0.5, 0.6) is 0 Å². The van der Waals surface area contributed by atoms with Gasteiger partial charge in [0.15, 0.2) is 0 Å². The SMILES string of the molecule is CSc1ccc2cc(S3(OS(=O)(=O)C(F)(F)C(F)(F)C(F)(F)C(F)(F)F)CCCC3)ccc2c1. The highest BCUT2D eigenvalue weighted by Gasteiger charge is 2.86. The van der Waals surface area contributed by atoms with Crippen molar-refractivity contribution >= 4 is 43.0 Å². The molecule has 1 aliphatic heterocycles. The van der Waals surface area contributed by atoms with Crippen molar-refractivity contribution < 1.29 is 51.6 Å². The first-order valence-electron chi connectivity index (χ1n) is 9.44. The third kappa shape index (κ3) is 4.26. The molecule has 192 valence electrons. The largest absolute Gasteiger partial charge is 0.460 e. The van der Waals surface area contributed by atoms with Gasteiger partial charge in [0.05, 0.1) is 0 Å². The summed E-state index contributed by atoms with van der Waals surface area (Å²) in [7, 11) is -10.2. The average molecular weight is 561 g/mol. The Kier molecular flexibility index (Phi) is 6.95. The molecule has 2 aromatic rings. The van der Waals surface area contributed by atoms with Crippen molar-refractivity contribution in [1.29, 1.82) is 0 Å². The number of alkyl halides is 9. The molecule has 0 spiro atoms. The zero-order valence-electron chi connectivity index (χ0n) is 17.1. The zero-order valence-corrected chi connectivity index (χ0v) is 19.6. The Morgan fingerprint density at radius 2 is 1.35 bits per heavy atom. The van der Waals surface area contributed by atoms with Crippen LogP contribution in [0.15, 0.2) is 46.2 Å². The van der Waals surface area contributed by atoms with Crippen molar-refractivity contribution in [2.75, 3.05) is 17.8 Å². The molecule has 0 aromatic heterocycles. The average Bonchev–Trinajstić information content (AvgIpc) is 3.20. The van der Waals surface area contributed by atoms with E-state index in [1.165, 1.54) is 30.0 Å². The molecule has 1 heterocycles. The maximum atomic E-state index is 14.2. The lowest BCUT2D eigenvalue weighted by Gasteiger charge is -2.38. The van der Waals surface area contributed by atoms with Gasteiger partial charge < -0.3 is 0 Å². The summed E-state index contributed by atoms with van der Waals surface area (Å²) in [6, 6.07) is 9.44. The van der Waals surface area contributed by atoms with E-state index >= 15 is 0 Å². The van der Waals surface area contributed by atoms with Crippen LogP contribution in [0, 0.1) is 0 Å². The number of rotatable bonds is 7. The molecule has 0 unspecified atom stereocenters. The Morgan fingerprint density at radius 1 is 0.824 bits per heavy atom. The summed E-state index contributed by atoms with van der Waals surface area (Å²) in [4.78, 5) is 0.953. The molecular formula is C19H17F9O3S3. The second-order valence-corrected chi connectivity index (χ2v) is 13.2. The van der Waals surface area contributed by atoms with Crippen LogP contribution in [0.25, 0.3) is 10.8 Å². The van der Waals surface area contributed by atoms with Gasteiger partial charge >= 0.3 is 33.4 Å². The highest BCUT2D eigenvalue weighted by atomic mass is 32.3. The Morgan fingerprint density at radius 3 is 1.88 bits per heavy atom. The van der Waals surface area contributed by atoms with Gasteiger partial charge in [-0.15, -0.1) is 11.8 Å². The van der Waals surface area contributed by atoms with Gasteiger partial charge in [-0.05, 0) is 54.1 Å². The Hall–Kier alpha value is -1.32. The number of benzene rings is 2. The smallest absolute Gasteiger partial charge is 0.211 e. The number of halogens is 9. The van der Waals surface area contributed by atoms with Gasteiger partial charge in [-0.1, -0.05) is 22.4 Å². The third-order valence-electron chi connectivity index (χ3n) is 5.30. The van der Waals surface area contributed by atoms with Crippen molar-refractivity contribution in [2.45, 2.75) is 45.9 Å². The predicted molar refractivity (Wildman–Crippen MR) is 111 cm³/mol. The van der Waals surface area contributed by atoms with Crippen LogP contribution in [-0.4, -0.2) is 49.5 Å². The Bertz CT molecular complexity index is 1170. The molecule has 3 nitrogen and oxygen atoms in total. The van der Waals surface area contributed by atoms with Gasteiger partial charge in [0.25, 0.3) is 0 Å². The summed E-state index contributed by atoms with van der Waals surface area (Å²) in [6.07, 6.45) is -4.82. The van der Waals surface area contributed by atoms with E-state index in [4.69, 9.17) is 0 Å². The van der Waals surface area contributed by atoms with E-state index in [2.05, 4.69) is 3.63 Å². The van der Waals surface area contributed by atoms with Crippen LogP contribution in [0.3, 0.4) is 0 Å². The predicted octanol–water partition coefficient (Wildman–Crippen LogP) is 7.21. The minimum Gasteiger partial charge on any atom is -0.211 e. The number of hydrogen-bond acceptors (Lipinski definition) is 4.